The van der Waals surface area contributed by atoms with Gasteiger partial charge in [0, 0.05) is 44.4 Å². The van der Waals surface area contributed by atoms with Crippen LogP contribution in [0.3, 0.4) is 0 Å². The number of H-pyrrole nitrogens is 1. The van der Waals surface area contributed by atoms with Crippen LogP contribution in [0.2, 0.25) is 0 Å². The van der Waals surface area contributed by atoms with E-state index in [2.05, 4.69) is 357 Å². The minimum absolute atomic E-state index is 0.0381. The molecule has 16 aromatic carbocycles. The predicted molar refractivity (Wildman–Crippen MR) is 405 cm³/mol. The maximum atomic E-state index is 6.95. The molecule has 456 valence electrons. The Morgan fingerprint density at radius 2 is 0.541 bits per heavy atom. The molecule has 3 spiro atoms. The van der Waals surface area contributed by atoms with E-state index in [9.17, 15) is 0 Å². The van der Waals surface area contributed by atoms with Crippen molar-refractivity contribution in [2.45, 2.75) is 22.2 Å². The molecule has 17 aromatic rings. The minimum atomic E-state index is -0.487. The highest BCUT2D eigenvalue weighted by Crippen LogP contribution is 2.69. The van der Waals surface area contributed by atoms with Crippen molar-refractivity contribution in [2.75, 3.05) is 5.73 Å². The molecule has 0 saturated heterocycles. The Labute approximate surface area is 569 Å². The zero-order chi connectivity index (χ0) is 64.4. The lowest BCUT2D eigenvalue weighted by molar-refractivity contribution is 0.633. The molecule has 2 heteroatoms. The molecule has 2 nitrogen and oxygen atoms in total. The molecule has 0 radical (unpaired) electrons. The summed E-state index contributed by atoms with van der Waals surface area (Å²) in [6, 6.07) is 131. The van der Waals surface area contributed by atoms with Gasteiger partial charge in [-0.15, -0.1) is 0 Å². The third-order valence-corrected chi connectivity index (χ3v) is 23.1. The summed E-state index contributed by atoms with van der Waals surface area (Å²) in [4.78, 5) is 3.82. The van der Waals surface area contributed by atoms with E-state index in [4.69, 9.17) is 5.73 Å². The fourth-order valence-electron chi connectivity index (χ4n) is 19.6. The number of hydrogen-bond donors (Lipinski definition) is 2. The molecule has 5 aliphatic carbocycles. The molecule has 3 N–H and O–H groups in total. The van der Waals surface area contributed by atoms with Gasteiger partial charge in [-0.3, -0.25) is 0 Å². The molecule has 0 atom stereocenters. The van der Waals surface area contributed by atoms with Gasteiger partial charge in [-0.2, -0.15) is 0 Å². The SMILES string of the molecule is Nc1c(-c2ccccc2-c2ccccc2C2c3ccccc3C3(c4ccccc4-c4ccccc43)c3ccccc32)ccc2ccccc12.c1ccc2c(c1)-c1ccccc1C21c2ccccc2C2(c3ccccc3-c3c2ccc2[nH]c4ccc5ccccc5c4c32)c2ccccc21. The van der Waals surface area contributed by atoms with Crippen LogP contribution in [0.5, 0.6) is 0 Å². The third-order valence-electron chi connectivity index (χ3n) is 23.1. The monoisotopic (exact) mass is 1240 g/mol. The van der Waals surface area contributed by atoms with E-state index in [0.29, 0.717) is 0 Å². The molecule has 5 aliphatic rings. The average molecular weight is 1240 g/mol. The second kappa shape index (κ2) is 20.6. The first-order valence-corrected chi connectivity index (χ1v) is 34.4. The number of nitrogen functional groups attached to an aromatic ring is 1. The molecule has 98 heavy (non-hydrogen) atoms. The molecule has 0 bridgehead atoms. The van der Waals surface area contributed by atoms with Crippen molar-refractivity contribution < 1.29 is 0 Å². The summed E-state index contributed by atoms with van der Waals surface area (Å²) in [5.74, 6) is 0.0381. The van der Waals surface area contributed by atoms with Crippen molar-refractivity contribution in [3.8, 4) is 55.6 Å². The molecule has 22 rings (SSSR count). The van der Waals surface area contributed by atoms with E-state index >= 15 is 0 Å². The summed E-state index contributed by atoms with van der Waals surface area (Å²) in [5.41, 5.74) is 41.8. The number of nitrogens with two attached hydrogens (primary N) is 1. The summed E-state index contributed by atoms with van der Waals surface area (Å²) in [6.45, 7) is 0. The van der Waals surface area contributed by atoms with Crippen LogP contribution in [-0.4, -0.2) is 4.98 Å². The summed E-state index contributed by atoms with van der Waals surface area (Å²) in [6.07, 6.45) is 0. The smallest absolute Gasteiger partial charge is 0.0720 e. The molecule has 0 aliphatic heterocycles. The maximum Gasteiger partial charge on any atom is 0.0720 e. The lowest BCUT2D eigenvalue weighted by Crippen LogP contribution is -2.43. The van der Waals surface area contributed by atoms with Gasteiger partial charge in [0.25, 0.3) is 0 Å². The third kappa shape index (κ3) is 7.00. The van der Waals surface area contributed by atoms with Crippen LogP contribution in [0.25, 0.3) is 99.0 Å². The molecule has 0 amide bonds. The van der Waals surface area contributed by atoms with Gasteiger partial charge in [0.05, 0.1) is 16.2 Å². The van der Waals surface area contributed by atoms with Crippen LogP contribution < -0.4 is 5.73 Å². The summed E-state index contributed by atoms with van der Waals surface area (Å²) in [7, 11) is 0. The van der Waals surface area contributed by atoms with E-state index in [1.165, 1.54) is 161 Å². The molecule has 0 saturated carbocycles. The highest BCUT2D eigenvalue weighted by Gasteiger charge is 2.59. The van der Waals surface area contributed by atoms with Gasteiger partial charge in [0.2, 0.25) is 0 Å². The zero-order valence-corrected chi connectivity index (χ0v) is 53.6. The Bertz CT molecular complexity index is 6060. The Kier molecular flexibility index (Phi) is 11.5. The standard InChI is InChI=1S/C48H29N.C48H33N/c1-2-14-30-29(13-1)25-27-42-45(30)46-43(49-42)28-26-41-44(46)33-17-5-8-20-36(33)48(41)39-23-11-9-21-37(39)47(38-22-10-12-24-40(38)48)34-18-6-3-15-31(34)32-16-4-7-19-35(32)47;49-47-32-16-2-1-15-31(32)29-30-39(47)35-19-4-3-17-33(35)34-18-5-6-22-38(34)46-40-23-9-13-27-44(40)48(45-28-14-10-24-41(45)46)42-25-11-7-20-36(42)37-21-8-12-26-43(37)48/h1-28,49H;1-30,46H,49H2. The molecule has 1 heterocycles. The second-order valence-corrected chi connectivity index (χ2v) is 27.3. The van der Waals surface area contributed by atoms with Gasteiger partial charge in [0.15, 0.2) is 0 Å². The predicted octanol–water partition coefficient (Wildman–Crippen LogP) is 23.1. The summed E-state index contributed by atoms with van der Waals surface area (Å²) in [5, 5.41) is 7.43. The van der Waals surface area contributed by atoms with Crippen molar-refractivity contribution >= 4 is 49.0 Å². The van der Waals surface area contributed by atoms with Gasteiger partial charge in [-0.1, -0.05) is 340 Å². The molecular formula is C96H62N2. The fourth-order valence-corrected chi connectivity index (χ4v) is 19.6. The van der Waals surface area contributed by atoms with Crippen molar-refractivity contribution in [3.63, 3.8) is 0 Å². The number of aromatic nitrogens is 1. The number of rotatable bonds is 3. The lowest BCUT2D eigenvalue weighted by Gasteiger charge is -2.48. The Hall–Kier alpha value is -12.4. The largest absolute Gasteiger partial charge is 0.398 e. The van der Waals surface area contributed by atoms with E-state index in [1.54, 1.807) is 0 Å². The first-order chi connectivity index (χ1) is 48.6. The summed E-state index contributed by atoms with van der Waals surface area (Å²) < 4.78 is 0. The van der Waals surface area contributed by atoms with Crippen LogP contribution in [0.4, 0.5) is 5.69 Å². The number of hydrogen-bond acceptors (Lipinski definition) is 1. The molecular weight excluding hydrogens is 1180 g/mol. The van der Waals surface area contributed by atoms with Crippen molar-refractivity contribution in [1.82, 2.24) is 4.98 Å². The number of benzene rings is 16. The van der Waals surface area contributed by atoms with Crippen LogP contribution >= 0.6 is 0 Å². The van der Waals surface area contributed by atoms with Gasteiger partial charge in [0.1, 0.15) is 0 Å². The topological polar surface area (TPSA) is 41.8 Å². The first kappa shape index (κ1) is 55.0. The van der Waals surface area contributed by atoms with E-state index in [-0.39, 0.29) is 5.92 Å². The highest BCUT2D eigenvalue weighted by molar-refractivity contribution is 6.25. The van der Waals surface area contributed by atoms with Gasteiger partial charge >= 0.3 is 0 Å². The molecule has 1 aromatic heterocycles. The number of fused-ring (bicyclic) bond motifs is 32. The normalized spacial score (nSPS) is 14.6. The maximum absolute atomic E-state index is 6.95. The molecule has 0 fully saturated rings. The minimum Gasteiger partial charge on any atom is -0.398 e. The van der Waals surface area contributed by atoms with E-state index in [0.717, 1.165) is 27.6 Å². The second-order valence-electron chi connectivity index (χ2n) is 27.3. The Balaban J connectivity index is 0.000000129. The van der Waals surface area contributed by atoms with Crippen LogP contribution in [0.15, 0.2) is 352 Å². The van der Waals surface area contributed by atoms with Crippen molar-refractivity contribution in [2.24, 2.45) is 0 Å². The Morgan fingerprint density at radius 1 is 0.214 bits per heavy atom. The number of anilines is 1. The van der Waals surface area contributed by atoms with Crippen LogP contribution in [-0.2, 0) is 16.2 Å². The zero-order valence-electron chi connectivity index (χ0n) is 53.6. The highest BCUT2D eigenvalue weighted by atomic mass is 14.7. The van der Waals surface area contributed by atoms with Gasteiger partial charge in [-0.05, 0) is 162 Å². The number of nitrogens with one attached hydrogen (secondary N) is 1. The average Bonchev–Trinajstić information content (AvgIpc) is 1.20. The van der Waals surface area contributed by atoms with E-state index < -0.39 is 16.2 Å². The van der Waals surface area contributed by atoms with Crippen LogP contribution in [0, 0.1) is 0 Å². The van der Waals surface area contributed by atoms with Crippen LogP contribution in [0.1, 0.15) is 89.4 Å². The van der Waals surface area contributed by atoms with E-state index in [1.807, 2.05) is 0 Å². The van der Waals surface area contributed by atoms with Crippen molar-refractivity contribution in [1.29, 1.82) is 0 Å². The van der Waals surface area contributed by atoms with Gasteiger partial charge in [-0.25, -0.2) is 0 Å². The van der Waals surface area contributed by atoms with Crippen molar-refractivity contribution in [3.05, 3.63) is 435 Å². The van der Waals surface area contributed by atoms with Gasteiger partial charge < -0.3 is 10.7 Å². The molecule has 0 unspecified atom stereocenters. The summed E-state index contributed by atoms with van der Waals surface area (Å²) >= 11 is 0. The number of aromatic amines is 1. The Morgan fingerprint density at radius 3 is 1.06 bits per heavy atom. The first-order valence-electron chi connectivity index (χ1n) is 34.4. The lowest BCUT2D eigenvalue weighted by atomic mass is 9.52. The fraction of sp³-hybridized carbons (Fsp3) is 0.0417. The quantitative estimate of drug-likeness (QED) is 0.170.